The van der Waals surface area contributed by atoms with Crippen molar-refractivity contribution in [2.24, 2.45) is 7.05 Å². The number of ketones is 1. The molecule has 0 saturated carbocycles. The number of benzene rings is 1. The van der Waals surface area contributed by atoms with Crippen LogP contribution in [0.15, 0.2) is 36.5 Å². The summed E-state index contributed by atoms with van der Waals surface area (Å²) >= 11 is 0. The summed E-state index contributed by atoms with van der Waals surface area (Å²) < 4.78 is 6.63. The lowest BCUT2D eigenvalue weighted by Gasteiger charge is -2.04. The summed E-state index contributed by atoms with van der Waals surface area (Å²) in [5.74, 6) is 0.119. The molecule has 0 unspecified atom stereocenters. The molecule has 0 fully saturated rings. The third-order valence-corrected chi connectivity index (χ3v) is 2.73. The molecule has 1 aromatic carbocycles. The number of aryl methyl sites for hydroxylation is 1. The lowest BCUT2D eigenvalue weighted by molar-refractivity contribution is 0.104. The molecule has 0 amide bonds. The van der Waals surface area contributed by atoms with E-state index in [1.165, 1.54) is 25.3 Å². The molecule has 0 spiro atoms. The van der Waals surface area contributed by atoms with Gasteiger partial charge >= 0.3 is 0 Å². The fourth-order valence-corrected chi connectivity index (χ4v) is 1.64. The normalized spacial score (nSPS) is 10.8. The van der Waals surface area contributed by atoms with E-state index in [0.717, 1.165) is 5.69 Å². The number of ether oxygens (including phenoxy) is 1. The SMILES string of the molecule is COc1cc(C(=O)/C=C\c2ccnn2C)ccc1O. The zero-order valence-electron chi connectivity index (χ0n) is 10.7. The Morgan fingerprint density at radius 3 is 2.84 bits per heavy atom. The number of carbonyl (C=O) groups excluding carboxylic acids is 1. The van der Waals surface area contributed by atoms with Crippen LogP contribution in [0.4, 0.5) is 0 Å². The Morgan fingerprint density at radius 1 is 1.42 bits per heavy atom. The highest BCUT2D eigenvalue weighted by Crippen LogP contribution is 2.26. The van der Waals surface area contributed by atoms with Crippen LogP contribution < -0.4 is 4.74 Å². The van der Waals surface area contributed by atoms with Crippen molar-refractivity contribution in [3.8, 4) is 11.5 Å². The van der Waals surface area contributed by atoms with E-state index < -0.39 is 0 Å². The molecule has 0 aliphatic rings. The van der Waals surface area contributed by atoms with Crippen molar-refractivity contribution < 1.29 is 14.6 Å². The van der Waals surface area contributed by atoms with Crippen LogP contribution in [0.25, 0.3) is 6.08 Å². The van der Waals surface area contributed by atoms with Crippen molar-refractivity contribution in [2.75, 3.05) is 7.11 Å². The van der Waals surface area contributed by atoms with Crippen molar-refractivity contribution in [1.29, 1.82) is 0 Å². The minimum atomic E-state index is -0.167. The van der Waals surface area contributed by atoms with Crippen molar-refractivity contribution in [1.82, 2.24) is 9.78 Å². The number of carbonyl (C=O) groups is 1. The van der Waals surface area contributed by atoms with E-state index in [4.69, 9.17) is 4.74 Å². The van der Waals surface area contributed by atoms with E-state index in [1.807, 2.05) is 0 Å². The van der Waals surface area contributed by atoms with Crippen molar-refractivity contribution in [3.63, 3.8) is 0 Å². The lowest BCUT2D eigenvalue weighted by atomic mass is 10.1. The van der Waals surface area contributed by atoms with Gasteiger partial charge in [-0.2, -0.15) is 5.10 Å². The van der Waals surface area contributed by atoms with Crippen LogP contribution in [0, 0.1) is 0 Å². The number of rotatable bonds is 4. The summed E-state index contributed by atoms with van der Waals surface area (Å²) in [4.78, 5) is 12.0. The first kappa shape index (κ1) is 12.9. The fraction of sp³-hybridized carbons (Fsp3) is 0.143. The molecule has 1 heterocycles. The fourth-order valence-electron chi connectivity index (χ4n) is 1.64. The average Bonchev–Trinajstić information content (AvgIpc) is 2.82. The van der Waals surface area contributed by atoms with Crippen LogP contribution in [0.5, 0.6) is 11.5 Å². The number of aromatic hydroxyl groups is 1. The Kier molecular flexibility index (Phi) is 3.66. The van der Waals surface area contributed by atoms with E-state index in [9.17, 15) is 9.90 Å². The van der Waals surface area contributed by atoms with Gasteiger partial charge in [0, 0.05) is 18.8 Å². The van der Waals surface area contributed by atoms with Gasteiger partial charge in [0.1, 0.15) is 0 Å². The number of phenols is 1. The molecule has 19 heavy (non-hydrogen) atoms. The van der Waals surface area contributed by atoms with Gasteiger partial charge in [-0.3, -0.25) is 9.48 Å². The Balaban J connectivity index is 2.21. The van der Waals surface area contributed by atoms with Gasteiger partial charge in [0.2, 0.25) is 0 Å². The number of methoxy groups -OCH3 is 1. The molecule has 0 saturated heterocycles. The molecule has 1 aromatic heterocycles. The summed E-state index contributed by atoms with van der Waals surface area (Å²) in [5.41, 5.74) is 1.28. The lowest BCUT2D eigenvalue weighted by Crippen LogP contribution is -1.97. The maximum atomic E-state index is 12.0. The van der Waals surface area contributed by atoms with Crippen molar-refractivity contribution >= 4 is 11.9 Å². The van der Waals surface area contributed by atoms with E-state index in [0.29, 0.717) is 5.56 Å². The van der Waals surface area contributed by atoms with E-state index in [2.05, 4.69) is 5.10 Å². The number of aromatic nitrogens is 2. The molecule has 0 radical (unpaired) electrons. The number of phenolic OH excluding ortho intramolecular Hbond substituents is 1. The molecule has 1 N–H and O–H groups in total. The quantitative estimate of drug-likeness (QED) is 0.673. The minimum absolute atomic E-state index is 0.00895. The van der Waals surface area contributed by atoms with Crippen molar-refractivity contribution in [3.05, 3.63) is 47.8 Å². The third-order valence-electron chi connectivity index (χ3n) is 2.73. The second-order valence-electron chi connectivity index (χ2n) is 3.96. The van der Waals surface area contributed by atoms with Crippen molar-refractivity contribution in [2.45, 2.75) is 0 Å². The molecule has 0 aliphatic carbocycles. The summed E-state index contributed by atoms with van der Waals surface area (Å²) in [7, 11) is 3.24. The highest BCUT2D eigenvalue weighted by Gasteiger charge is 2.07. The average molecular weight is 258 g/mol. The molecule has 0 atom stereocenters. The van der Waals surface area contributed by atoms with E-state index in [1.54, 1.807) is 36.1 Å². The Morgan fingerprint density at radius 2 is 2.21 bits per heavy atom. The summed E-state index contributed by atoms with van der Waals surface area (Å²) in [6, 6.07) is 6.30. The largest absolute Gasteiger partial charge is 0.504 e. The number of hydrogen-bond acceptors (Lipinski definition) is 4. The molecule has 0 aliphatic heterocycles. The second-order valence-corrected chi connectivity index (χ2v) is 3.96. The highest BCUT2D eigenvalue weighted by atomic mass is 16.5. The summed E-state index contributed by atoms with van der Waals surface area (Å²) in [6.07, 6.45) is 4.81. The van der Waals surface area contributed by atoms with Gasteiger partial charge in [-0.25, -0.2) is 0 Å². The Bertz CT molecular complexity index is 629. The van der Waals surface area contributed by atoms with Crippen LogP contribution in [-0.2, 0) is 7.05 Å². The number of nitrogens with zero attached hydrogens (tertiary/aromatic N) is 2. The molecule has 98 valence electrons. The van der Waals surface area contributed by atoms with E-state index >= 15 is 0 Å². The van der Waals surface area contributed by atoms with E-state index in [-0.39, 0.29) is 17.3 Å². The van der Waals surface area contributed by atoms with Gasteiger partial charge in [-0.05, 0) is 36.4 Å². The number of allylic oxidation sites excluding steroid dienone is 1. The first-order chi connectivity index (χ1) is 9.11. The predicted octanol–water partition coefficient (Wildman–Crippen LogP) is 2.03. The zero-order chi connectivity index (χ0) is 13.8. The monoisotopic (exact) mass is 258 g/mol. The topological polar surface area (TPSA) is 64.3 Å². The van der Waals surface area contributed by atoms with Crippen LogP contribution in [0.1, 0.15) is 16.1 Å². The van der Waals surface area contributed by atoms with Crippen LogP contribution >= 0.6 is 0 Å². The molecule has 0 bridgehead atoms. The predicted molar refractivity (Wildman–Crippen MR) is 71.2 cm³/mol. The molecular formula is C14H14N2O3. The molecule has 2 rings (SSSR count). The maximum absolute atomic E-state index is 12.0. The van der Waals surface area contributed by atoms with Gasteiger partial charge in [-0.15, -0.1) is 0 Å². The summed E-state index contributed by atoms with van der Waals surface area (Å²) in [6.45, 7) is 0. The van der Waals surface area contributed by atoms with Gasteiger partial charge in [0.15, 0.2) is 17.3 Å². The van der Waals surface area contributed by atoms with Gasteiger partial charge in [-0.1, -0.05) is 0 Å². The van der Waals surface area contributed by atoms with Gasteiger partial charge in [0.25, 0.3) is 0 Å². The Hall–Kier alpha value is -2.56. The minimum Gasteiger partial charge on any atom is -0.504 e. The first-order valence-electron chi connectivity index (χ1n) is 5.69. The van der Waals surface area contributed by atoms with Gasteiger partial charge in [0.05, 0.1) is 12.8 Å². The molecule has 5 nitrogen and oxygen atoms in total. The first-order valence-corrected chi connectivity index (χ1v) is 5.69. The summed E-state index contributed by atoms with van der Waals surface area (Å²) in [5, 5.41) is 13.5. The smallest absolute Gasteiger partial charge is 0.186 e. The highest BCUT2D eigenvalue weighted by molar-refractivity contribution is 6.07. The third kappa shape index (κ3) is 2.82. The standard InChI is InChI=1S/C14H14N2O3/c1-16-11(7-8-15-16)4-6-12(17)10-3-5-13(18)14(9-10)19-2/h3-9,18H,1-2H3/b6-4-. The van der Waals surface area contributed by atoms with Crippen LogP contribution in [-0.4, -0.2) is 27.8 Å². The second kappa shape index (κ2) is 5.39. The maximum Gasteiger partial charge on any atom is 0.186 e. The van der Waals surface area contributed by atoms with Crippen LogP contribution in [0.3, 0.4) is 0 Å². The molecule has 5 heteroatoms. The Labute approximate surface area is 110 Å². The molecule has 2 aromatic rings. The number of hydrogen-bond donors (Lipinski definition) is 1. The van der Waals surface area contributed by atoms with Gasteiger partial charge < -0.3 is 9.84 Å². The zero-order valence-corrected chi connectivity index (χ0v) is 10.7. The molecular weight excluding hydrogens is 244 g/mol. The van der Waals surface area contributed by atoms with Crippen LogP contribution in [0.2, 0.25) is 0 Å².